The van der Waals surface area contributed by atoms with Crippen molar-refractivity contribution in [3.63, 3.8) is 0 Å². The Morgan fingerprint density at radius 1 is 1.38 bits per heavy atom. The molecule has 1 unspecified atom stereocenters. The Hall–Kier alpha value is -1.35. The fourth-order valence-corrected chi connectivity index (χ4v) is 1.72. The van der Waals surface area contributed by atoms with E-state index in [0.717, 1.165) is 19.4 Å². The van der Waals surface area contributed by atoms with Crippen LogP contribution in [0, 0.1) is 0 Å². The molecule has 16 heavy (non-hydrogen) atoms. The first kappa shape index (κ1) is 12.7. The fourth-order valence-electron chi connectivity index (χ4n) is 1.72. The lowest BCUT2D eigenvalue weighted by Crippen LogP contribution is -2.23. The maximum absolute atomic E-state index is 10.6. The van der Waals surface area contributed by atoms with Gasteiger partial charge in [-0.1, -0.05) is 37.3 Å². The molecule has 1 aromatic rings. The summed E-state index contributed by atoms with van der Waals surface area (Å²) in [7, 11) is 0. The number of carbonyl (C=O) groups excluding carboxylic acids is 1. The van der Waals surface area contributed by atoms with Gasteiger partial charge in [0, 0.05) is 12.5 Å². The van der Waals surface area contributed by atoms with Crippen molar-refractivity contribution in [2.75, 3.05) is 6.54 Å². The van der Waals surface area contributed by atoms with E-state index in [4.69, 9.17) is 5.73 Å². The lowest BCUT2D eigenvalue weighted by atomic mass is 10.0. The second kappa shape index (κ2) is 7.01. The van der Waals surface area contributed by atoms with Gasteiger partial charge in [0.15, 0.2) is 0 Å². The first-order valence-corrected chi connectivity index (χ1v) is 5.80. The van der Waals surface area contributed by atoms with Crippen LogP contribution in [-0.2, 0) is 4.79 Å². The minimum absolute atomic E-state index is 0.227. The summed E-state index contributed by atoms with van der Waals surface area (Å²) in [6, 6.07) is 10.7. The standard InChI is InChI=1S/C13H20N2O/c1-2-12(11-7-4-3-5-8-11)15-10-6-9-13(14)16/h3-5,7-8,12,15H,2,6,9-10H2,1H3,(H2,14,16). The Labute approximate surface area is 97.0 Å². The largest absolute Gasteiger partial charge is 0.370 e. The van der Waals surface area contributed by atoms with Crippen LogP contribution in [0.1, 0.15) is 37.8 Å². The molecule has 0 aromatic heterocycles. The van der Waals surface area contributed by atoms with Crippen LogP contribution in [0.2, 0.25) is 0 Å². The van der Waals surface area contributed by atoms with E-state index < -0.39 is 0 Å². The first-order chi connectivity index (χ1) is 7.74. The molecule has 0 radical (unpaired) electrons. The molecule has 1 rings (SSSR count). The fraction of sp³-hybridized carbons (Fsp3) is 0.462. The topological polar surface area (TPSA) is 55.1 Å². The number of amides is 1. The summed E-state index contributed by atoms with van der Waals surface area (Å²) < 4.78 is 0. The maximum Gasteiger partial charge on any atom is 0.217 e. The Kier molecular flexibility index (Phi) is 5.57. The van der Waals surface area contributed by atoms with Gasteiger partial charge in [-0.25, -0.2) is 0 Å². The van der Waals surface area contributed by atoms with Crippen molar-refractivity contribution in [2.24, 2.45) is 5.73 Å². The minimum Gasteiger partial charge on any atom is -0.370 e. The van der Waals surface area contributed by atoms with Gasteiger partial charge in [-0.05, 0) is 24.9 Å². The summed E-state index contributed by atoms with van der Waals surface area (Å²) in [6.45, 7) is 2.98. The van der Waals surface area contributed by atoms with Gasteiger partial charge < -0.3 is 11.1 Å². The molecule has 3 heteroatoms. The zero-order valence-corrected chi connectivity index (χ0v) is 9.78. The number of nitrogens with one attached hydrogen (secondary N) is 1. The highest BCUT2D eigenvalue weighted by molar-refractivity contribution is 5.73. The van der Waals surface area contributed by atoms with E-state index in [1.165, 1.54) is 5.56 Å². The molecular formula is C13H20N2O. The summed E-state index contributed by atoms with van der Waals surface area (Å²) in [5, 5.41) is 3.43. The summed E-state index contributed by atoms with van der Waals surface area (Å²) in [4.78, 5) is 10.6. The van der Waals surface area contributed by atoms with Crippen molar-refractivity contribution < 1.29 is 4.79 Å². The van der Waals surface area contributed by atoms with Crippen LogP contribution < -0.4 is 11.1 Å². The van der Waals surface area contributed by atoms with Gasteiger partial charge in [0.1, 0.15) is 0 Å². The van der Waals surface area contributed by atoms with Gasteiger partial charge in [0.05, 0.1) is 0 Å². The predicted molar refractivity (Wildman–Crippen MR) is 65.9 cm³/mol. The van der Waals surface area contributed by atoms with Crippen molar-refractivity contribution in [2.45, 2.75) is 32.2 Å². The smallest absolute Gasteiger partial charge is 0.217 e. The number of benzene rings is 1. The van der Waals surface area contributed by atoms with E-state index in [9.17, 15) is 4.79 Å². The number of nitrogens with two attached hydrogens (primary N) is 1. The zero-order valence-electron chi connectivity index (χ0n) is 9.78. The Morgan fingerprint density at radius 2 is 2.06 bits per heavy atom. The molecule has 1 aromatic carbocycles. The lowest BCUT2D eigenvalue weighted by molar-refractivity contribution is -0.118. The number of hydrogen-bond acceptors (Lipinski definition) is 2. The van der Waals surface area contributed by atoms with Gasteiger partial charge >= 0.3 is 0 Å². The first-order valence-electron chi connectivity index (χ1n) is 5.80. The average molecular weight is 220 g/mol. The van der Waals surface area contributed by atoms with Crippen molar-refractivity contribution in [3.8, 4) is 0 Å². The van der Waals surface area contributed by atoms with E-state index in [0.29, 0.717) is 12.5 Å². The van der Waals surface area contributed by atoms with Crippen molar-refractivity contribution in [1.29, 1.82) is 0 Å². The van der Waals surface area contributed by atoms with Crippen LogP contribution in [0.5, 0.6) is 0 Å². The van der Waals surface area contributed by atoms with Crippen LogP contribution >= 0.6 is 0 Å². The highest BCUT2D eigenvalue weighted by atomic mass is 16.1. The zero-order chi connectivity index (χ0) is 11.8. The molecule has 0 saturated heterocycles. The number of carbonyl (C=O) groups is 1. The van der Waals surface area contributed by atoms with Crippen molar-refractivity contribution in [3.05, 3.63) is 35.9 Å². The van der Waals surface area contributed by atoms with Gasteiger partial charge in [-0.3, -0.25) is 4.79 Å². The van der Waals surface area contributed by atoms with E-state index in [1.54, 1.807) is 0 Å². The van der Waals surface area contributed by atoms with E-state index in [2.05, 4.69) is 24.4 Å². The van der Waals surface area contributed by atoms with Crippen LogP contribution in [-0.4, -0.2) is 12.5 Å². The van der Waals surface area contributed by atoms with Gasteiger partial charge in [0.25, 0.3) is 0 Å². The summed E-state index contributed by atoms with van der Waals surface area (Å²) in [5.41, 5.74) is 6.38. The predicted octanol–water partition coefficient (Wildman–Crippen LogP) is 1.99. The molecule has 0 spiro atoms. The molecule has 88 valence electrons. The van der Waals surface area contributed by atoms with Gasteiger partial charge in [-0.15, -0.1) is 0 Å². The lowest BCUT2D eigenvalue weighted by Gasteiger charge is -2.17. The van der Waals surface area contributed by atoms with Crippen LogP contribution in [0.3, 0.4) is 0 Å². The van der Waals surface area contributed by atoms with Gasteiger partial charge in [-0.2, -0.15) is 0 Å². The quantitative estimate of drug-likeness (QED) is 0.690. The van der Waals surface area contributed by atoms with Crippen molar-refractivity contribution >= 4 is 5.91 Å². The third-order valence-electron chi connectivity index (χ3n) is 2.60. The molecule has 0 aliphatic carbocycles. The van der Waals surface area contributed by atoms with Crippen LogP contribution in [0.25, 0.3) is 0 Å². The molecule has 0 aliphatic heterocycles. The highest BCUT2D eigenvalue weighted by Gasteiger charge is 2.07. The Bertz CT molecular complexity index is 311. The highest BCUT2D eigenvalue weighted by Crippen LogP contribution is 2.15. The van der Waals surface area contributed by atoms with Crippen LogP contribution in [0.15, 0.2) is 30.3 Å². The van der Waals surface area contributed by atoms with Gasteiger partial charge in [0.2, 0.25) is 5.91 Å². The molecule has 0 fully saturated rings. The number of rotatable bonds is 7. The average Bonchev–Trinajstić information content (AvgIpc) is 2.30. The maximum atomic E-state index is 10.6. The summed E-state index contributed by atoms with van der Waals surface area (Å²) in [5.74, 6) is -0.227. The number of hydrogen-bond donors (Lipinski definition) is 2. The molecule has 0 heterocycles. The molecule has 1 atom stereocenters. The summed E-state index contributed by atoms with van der Waals surface area (Å²) >= 11 is 0. The minimum atomic E-state index is -0.227. The molecule has 1 amide bonds. The molecule has 0 bridgehead atoms. The third kappa shape index (κ3) is 4.45. The molecular weight excluding hydrogens is 200 g/mol. The molecule has 0 aliphatic rings. The molecule has 0 saturated carbocycles. The third-order valence-corrected chi connectivity index (χ3v) is 2.60. The Morgan fingerprint density at radius 3 is 2.62 bits per heavy atom. The SMILES string of the molecule is CCC(NCCCC(N)=O)c1ccccc1. The van der Waals surface area contributed by atoms with Crippen LogP contribution in [0.4, 0.5) is 0 Å². The van der Waals surface area contributed by atoms with E-state index in [-0.39, 0.29) is 5.91 Å². The van der Waals surface area contributed by atoms with E-state index >= 15 is 0 Å². The van der Waals surface area contributed by atoms with Crippen molar-refractivity contribution in [1.82, 2.24) is 5.32 Å². The Balaban J connectivity index is 2.35. The summed E-state index contributed by atoms with van der Waals surface area (Å²) in [6.07, 6.45) is 2.30. The molecule has 3 nitrogen and oxygen atoms in total. The monoisotopic (exact) mass is 220 g/mol. The second-order valence-corrected chi connectivity index (χ2v) is 3.90. The van der Waals surface area contributed by atoms with E-state index in [1.807, 2.05) is 18.2 Å². The molecule has 3 N–H and O–H groups in total. The normalized spacial score (nSPS) is 12.3. The number of primary amides is 1. The second-order valence-electron chi connectivity index (χ2n) is 3.90.